The molecule has 1 aliphatic heterocycles. The highest BCUT2D eigenvalue weighted by Gasteiger charge is 2.56. The molecule has 0 bridgehead atoms. The molecule has 3 heterocycles. The van der Waals surface area contributed by atoms with Crippen LogP contribution in [0, 0.1) is 18.3 Å². The molecule has 1 saturated heterocycles. The first-order valence-electron chi connectivity index (χ1n) is 11.6. The van der Waals surface area contributed by atoms with Crippen molar-refractivity contribution in [3.63, 3.8) is 0 Å². The highest BCUT2D eigenvalue weighted by atomic mass is 35.5. The Bertz CT molecular complexity index is 1300. The second-order valence-corrected chi connectivity index (χ2v) is 9.37. The maximum absolute atomic E-state index is 11.8. The number of hydrogen-bond acceptors (Lipinski definition) is 9. The van der Waals surface area contributed by atoms with Crippen LogP contribution in [0.15, 0.2) is 36.7 Å². The van der Waals surface area contributed by atoms with Gasteiger partial charge in [0, 0.05) is 13.0 Å². The Morgan fingerprint density at radius 1 is 1.32 bits per heavy atom. The summed E-state index contributed by atoms with van der Waals surface area (Å²) < 4.78 is 12.9. The summed E-state index contributed by atoms with van der Waals surface area (Å²) in [5.74, 6) is 0.865. The molecular weight excluding hydrogens is 504 g/mol. The Morgan fingerprint density at radius 3 is 2.70 bits per heavy atom. The zero-order valence-corrected chi connectivity index (χ0v) is 20.7. The molecule has 0 amide bonds. The van der Waals surface area contributed by atoms with Crippen LogP contribution < -0.4 is 0 Å². The number of carbonyl (C=O) groups is 1. The Morgan fingerprint density at radius 2 is 2.05 bits per heavy atom. The van der Waals surface area contributed by atoms with E-state index in [4.69, 9.17) is 27.5 Å². The van der Waals surface area contributed by atoms with Crippen LogP contribution in [-0.4, -0.2) is 83.0 Å². The van der Waals surface area contributed by atoms with Crippen LogP contribution in [0.3, 0.4) is 0 Å². The number of benzene rings is 1. The third-order valence-corrected chi connectivity index (χ3v) is 6.50. The average Bonchev–Trinajstić information content (AvgIpc) is 3.41. The summed E-state index contributed by atoms with van der Waals surface area (Å²) in [6.45, 7) is 1.37. The molecule has 0 radical (unpaired) electrons. The predicted molar refractivity (Wildman–Crippen MR) is 132 cm³/mol. The first-order valence-corrected chi connectivity index (χ1v) is 12.0. The van der Waals surface area contributed by atoms with Crippen molar-refractivity contribution < 1.29 is 34.7 Å². The Hall–Kier alpha value is -3.11. The molecule has 2 unspecified atom stereocenters. The molecular formula is C25H27ClN4O7. The fraction of sp³-hybridized carbons (Fsp3) is 0.440. The van der Waals surface area contributed by atoms with Crippen molar-refractivity contribution in [2.75, 3.05) is 13.2 Å². The Balaban J connectivity index is 1.58. The number of halogens is 1. The normalized spacial score (nSPS) is 25.1. The van der Waals surface area contributed by atoms with Crippen LogP contribution in [0.5, 0.6) is 0 Å². The second-order valence-electron chi connectivity index (χ2n) is 9.03. The van der Waals surface area contributed by atoms with E-state index >= 15 is 0 Å². The lowest BCUT2D eigenvalue weighted by atomic mass is 9.93. The minimum Gasteiger partial charge on any atom is -0.479 e. The summed E-state index contributed by atoms with van der Waals surface area (Å²) in [5, 5.41) is 41.1. The number of rotatable bonds is 10. The van der Waals surface area contributed by atoms with Crippen molar-refractivity contribution in [1.82, 2.24) is 19.5 Å². The number of aliphatic hydroxyl groups is 3. The third-order valence-electron chi connectivity index (χ3n) is 6.33. The molecule has 4 rings (SSSR count). The number of fused-ring (bicyclic) bond motifs is 1. The monoisotopic (exact) mass is 530 g/mol. The van der Waals surface area contributed by atoms with Gasteiger partial charge in [0.2, 0.25) is 5.28 Å². The molecule has 2 aromatic heterocycles. The number of aliphatic hydroxyl groups excluding tert-OH is 2. The number of ether oxygens (including phenoxy) is 2. The van der Waals surface area contributed by atoms with Gasteiger partial charge in [-0.15, -0.1) is 6.42 Å². The van der Waals surface area contributed by atoms with E-state index in [1.54, 1.807) is 24.3 Å². The van der Waals surface area contributed by atoms with Crippen LogP contribution in [0.2, 0.25) is 5.28 Å². The maximum Gasteiger partial charge on any atom is 0.333 e. The molecule has 11 nitrogen and oxygen atoms in total. The van der Waals surface area contributed by atoms with Gasteiger partial charge in [0.25, 0.3) is 0 Å². The zero-order chi connectivity index (χ0) is 26.7. The largest absolute Gasteiger partial charge is 0.479 e. The number of carboxylic acid groups (broad SMARTS) is 1. The third kappa shape index (κ3) is 5.45. The summed E-state index contributed by atoms with van der Waals surface area (Å²) in [5.41, 5.74) is -0.321. The van der Waals surface area contributed by atoms with Crippen LogP contribution >= 0.6 is 11.6 Å². The van der Waals surface area contributed by atoms with Gasteiger partial charge in [0.15, 0.2) is 23.6 Å². The Labute approximate surface area is 217 Å². The SMILES string of the molecule is C#C[C@@]1(O)[C@@H](COC(Cc2ccccc2)C(=O)O)O[C@@H](n2cnc3c(CC(C)CO)nc(Cl)nc32)[C@@H]1O. The average molecular weight is 531 g/mol. The summed E-state index contributed by atoms with van der Waals surface area (Å²) in [6.07, 6.45) is 2.03. The molecule has 1 aliphatic rings. The molecule has 0 aliphatic carbocycles. The number of hydrogen-bond donors (Lipinski definition) is 4. The highest BCUT2D eigenvalue weighted by Crippen LogP contribution is 2.39. The van der Waals surface area contributed by atoms with Gasteiger partial charge in [-0.2, -0.15) is 4.98 Å². The van der Waals surface area contributed by atoms with E-state index in [0.29, 0.717) is 17.6 Å². The van der Waals surface area contributed by atoms with Gasteiger partial charge in [-0.3, -0.25) is 4.57 Å². The molecule has 1 aromatic carbocycles. The lowest BCUT2D eigenvalue weighted by molar-refractivity contribution is -0.156. The van der Waals surface area contributed by atoms with Gasteiger partial charge in [0.05, 0.1) is 18.6 Å². The minimum atomic E-state index is -2.19. The van der Waals surface area contributed by atoms with E-state index in [9.17, 15) is 25.2 Å². The Kier molecular flexibility index (Phi) is 8.08. The fourth-order valence-corrected chi connectivity index (χ4v) is 4.42. The van der Waals surface area contributed by atoms with Gasteiger partial charge in [0.1, 0.15) is 17.7 Å². The first kappa shape index (κ1) is 26.9. The first-order chi connectivity index (χ1) is 17.7. The quantitative estimate of drug-likeness (QED) is 0.220. The fourth-order valence-electron chi connectivity index (χ4n) is 4.23. The smallest absolute Gasteiger partial charge is 0.333 e. The lowest BCUT2D eigenvalue weighted by Gasteiger charge is -2.26. The molecule has 3 aromatic rings. The van der Waals surface area contributed by atoms with E-state index < -0.39 is 42.7 Å². The van der Waals surface area contributed by atoms with E-state index in [0.717, 1.165) is 5.56 Å². The topological polar surface area (TPSA) is 160 Å². The summed E-state index contributed by atoms with van der Waals surface area (Å²) >= 11 is 6.13. The molecule has 6 atom stereocenters. The van der Waals surface area contributed by atoms with E-state index in [1.165, 1.54) is 10.9 Å². The van der Waals surface area contributed by atoms with Gasteiger partial charge >= 0.3 is 5.97 Å². The maximum atomic E-state index is 11.8. The number of imidazole rings is 1. The van der Waals surface area contributed by atoms with Crippen molar-refractivity contribution in [1.29, 1.82) is 0 Å². The van der Waals surface area contributed by atoms with Gasteiger partial charge in [-0.05, 0) is 29.5 Å². The van der Waals surface area contributed by atoms with Crippen LogP contribution in [0.4, 0.5) is 0 Å². The summed E-state index contributed by atoms with van der Waals surface area (Å²) in [4.78, 5) is 24.5. The molecule has 4 N–H and O–H groups in total. The van der Waals surface area contributed by atoms with Crippen molar-refractivity contribution in [2.45, 2.75) is 49.9 Å². The minimum absolute atomic E-state index is 0.0627. The van der Waals surface area contributed by atoms with Gasteiger partial charge in [-0.1, -0.05) is 43.2 Å². The van der Waals surface area contributed by atoms with Crippen LogP contribution in [0.25, 0.3) is 11.2 Å². The molecule has 1 fully saturated rings. The van der Waals surface area contributed by atoms with Crippen LogP contribution in [0.1, 0.15) is 24.4 Å². The molecule has 0 spiro atoms. The molecule has 0 saturated carbocycles. The number of nitrogens with zero attached hydrogens (tertiary/aromatic N) is 4. The zero-order valence-electron chi connectivity index (χ0n) is 19.9. The van der Waals surface area contributed by atoms with Crippen molar-refractivity contribution in [2.24, 2.45) is 5.92 Å². The van der Waals surface area contributed by atoms with Gasteiger partial charge in [-0.25, -0.2) is 14.8 Å². The van der Waals surface area contributed by atoms with E-state index in [2.05, 4.69) is 20.9 Å². The lowest BCUT2D eigenvalue weighted by Crippen LogP contribution is -2.48. The number of aromatic nitrogens is 4. The molecule has 37 heavy (non-hydrogen) atoms. The second kappa shape index (κ2) is 11.1. The predicted octanol–water partition coefficient (Wildman–Crippen LogP) is 0.986. The molecule has 12 heteroatoms. The van der Waals surface area contributed by atoms with Crippen LogP contribution in [-0.2, 0) is 27.1 Å². The summed E-state index contributed by atoms with van der Waals surface area (Å²) in [6, 6.07) is 8.93. The van der Waals surface area contributed by atoms with Crippen molar-refractivity contribution in [3.8, 4) is 12.3 Å². The number of terminal acetylenes is 1. The summed E-state index contributed by atoms with van der Waals surface area (Å²) in [7, 11) is 0. The standard InChI is InChI=1S/C25H27ClN4O7/c1-3-25(35)18(12-36-17(23(33)34)10-15-7-5-4-6-8-15)37-22(20(25)32)30-13-27-19-16(9-14(2)11-31)28-24(26)29-21(19)30/h1,4-8,13-14,17-18,20,22,31-32,35H,9-12H2,2H3,(H,33,34)/t14?,17?,18-,20+,22-,25-/m1/s1. The highest BCUT2D eigenvalue weighted by molar-refractivity contribution is 6.28. The number of aliphatic carboxylic acids is 1. The number of carboxylic acids is 1. The molecule has 196 valence electrons. The van der Waals surface area contributed by atoms with Crippen molar-refractivity contribution in [3.05, 3.63) is 53.2 Å². The van der Waals surface area contributed by atoms with E-state index in [-0.39, 0.29) is 29.9 Å². The van der Waals surface area contributed by atoms with Crippen molar-refractivity contribution >= 4 is 28.7 Å². The van der Waals surface area contributed by atoms with Gasteiger partial charge < -0.3 is 29.9 Å². The van der Waals surface area contributed by atoms with E-state index in [1.807, 2.05) is 13.0 Å².